The van der Waals surface area contributed by atoms with Gasteiger partial charge in [-0.2, -0.15) is 0 Å². The molecule has 21 heavy (non-hydrogen) atoms. The van der Waals surface area contributed by atoms with Crippen LogP contribution in [-0.4, -0.2) is 37.2 Å². The van der Waals surface area contributed by atoms with Crippen LogP contribution in [0.25, 0.3) is 10.9 Å². The van der Waals surface area contributed by atoms with Crippen molar-refractivity contribution < 1.29 is 13.2 Å². The summed E-state index contributed by atoms with van der Waals surface area (Å²) in [5.74, 6) is 0. The van der Waals surface area contributed by atoms with Crippen molar-refractivity contribution in [3.05, 3.63) is 34.1 Å². The fourth-order valence-corrected chi connectivity index (χ4v) is 2.60. The number of methoxy groups -OCH3 is 1. The van der Waals surface area contributed by atoms with Crippen molar-refractivity contribution >= 4 is 20.9 Å². The molecule has 2 aromatic rings. The fourth-order valence-electron chi connectivity index (χ4n) is 2.18. The molecular formula is C13H19N3O4S. The van der Waals surface area contributed by atoms with Crippen LogP contribution in [0.5, 0.6) is 0 Å². The molecule has 1 aromatic heterocycles. The molecule has 0 aliphatic rings. The van der Waals surface area contributed by atoms with Crippen molar-refractivity contribution in [1.82, 2.24) is 9.78 Å². The van der Waals surface area contributed by atoms with E-state index in [9.17, 15) is 13.2 Å². The number of H-pyrrole nitrogens is 1. The second-order valence-corrected chi connectivity index (χ2v) is 7.02. The Hall–Kier alpha value is -1.64. The predicted octanol–water partition coefficient (Wildman–Crippen LogP) is 0.196. The minimum absolute atomic E-state index is 0.203. The van der Waals surface area contributed by atoms with E-state index in [-0.39, 0.29) is 12.0 Å². The van der Waals surface area contributed by atoms with Crippen LogP contribution in [0.3, 0.4) is 0 Å². The summed E-state index contributed by atoms with van der Waals surface area (Å²) in [5.41, 5.74) is 1.33. The Bertz CT molecular complexity index is 791. The lowest BCUT2D eigenvalue weighted by molar-refractivity contribution is 0.184. The molecule has 7 nitrogen and oxygen atoms in total. The van der Waals surface area contributed by atoms with E-state index in [0.717, 1.165) is 11.1 Å². The maximum atomic E-state index is 11.9. The Morgan fingerprint density at radius 1 is 1.43 bits per heavy atom. The van der Waals surface area contributed by atoms with E-state index < -0.39 is 15.3 Å². The van der Waals surface area contributed by atoms with Gasteiger partial charge in [-0.15, -0.1) is 0 Å². The molecule has 1 heterocycles. The van der Waals surface area contributed by atoms with E-state index in [1.165, 1.54) is 0 Å². The fraction of sp³-hybridized carbons (Fsp3) is 0.462. The smallest absolute Gasteiger partial charge is 0.271 e. The maximum absolute atomic E-state index is 11.9. The molecule has 0 aliphatic heterocycles. The first kappa shape index (κ1) is 15.7. The number of fused-ring (bicyclic) bond motifs is 1. The molecule has 0 fully saturated rings. The van der Waals surface area contributed by atoms with Crippen molar-refractivity contribution in [3.8, 4) is 0 Å². The molecule has 8 heteroatoms. The largest absolute Gasteiger partial charge is 0.383 e. The molecule has 0 bridgehead atoms. The van der Waals surface area contributed by atoms with Crippen LogP contribution in [0, 0.1) is 0 Å². The van der Waals surface area contributed by atoms with Gasteiger partial charge in [0.05, 0.1) is 29.3 Å². The van der Waals surface area contributed by atoms with Crippen LogP contribution in [0.4, 0.5) is 0 Å². The molecule has 0 aliphatic carbocycles. The summed E-state index contributed by atoms with van der Waals surface area (Å²) in [7, 11) is -1.99. The highest BCUT2D eigenvalue weighted by atomic mass is 32.2. The highest BCUT2D eigenvalue weighted by molar-refractivity contribution is 7.89. The van der Waals surface area contributed by atoms with Crippen LogP contribution < -0.4 is 10.7 Å². The first-order chi connectivity index (χ1) is 9.82. The number of nitrogens with zero attached hydrogens (tertiary/aromatic N) is 1. The topological polar surface area (TPSA) is 107 Å². The van der Waals surface area contributed by atoms with Crippen LogP contribution in [0.2, 0.25) is 0 Å². The third-order valence-electron chi connectivity index (χ3n) is 3.44. The molecule has 0 saturated heterocycles. The Morgan fingerprint density at radius 3 is 2.76 bits per heavy atom. The van der Waals surface area contributed by atoms with Gasteiger partial charge in [0.25, 0.3) is 5.56 Å². The number of sulfonamides is 1. The first-order valence-corrected chi connectivity index (χ1v) is 8.16. The molecule has 1 atom stereocenters. The molecular weight excluding hydrogens is 294 g/mol. The third-order valence-corrected chi connectivity index (χ3v) is 4.72. The number of nitrogens with one attached hydrogen (secondary N) is 1. The number of primary sulfonamides is 1. The summed E-state index contributed by atoms with van der Waals surface area (Å²) in [6.45, 7) is 2.58. The summed E-state index contributed by atoms with van der Waals surface area (Å²) >= 11 is 0. The van der Waals surface area contributed by atoms with Crippen LogP contribution in [0.15, 0.2) is 23.0 Å². The van der Waals surface area contributed by atoms with E-state index in [2.05, 4.69) is 5.10 Å². The van der Waals surface area contributed by atoms with Crippen molar-refractivity contribution in [3.63, 3.8) is 0 Å². The summed E-state index contributed by atoms with van der Waals surface area (Å²) in [4.78, 5) is 11.9. The molecule has 116 valence electrons. The molecule has 2 rings (SSSR count). The highest BCUT2D eigenvalue weighted by Gasteiger charge is 2.17. The highest BCUT2D eigenvalue weighted by Crippen LogP contribution is 2.15. The zero-order chi connectivity index (χ0) is 15.6. The number of hydrogen-bond donors (Lipinski definition) is 2. The van der Waals surface area contributed by atoms with Gasteiger partial charge in [0.15, 0.2) is 0 Å². The normalized spacial score (nSPS) is 13.7. The number of rotatable bonds is 6. The predicted molar refractivity (Wildman–Crippen MR) is 80.7 cm³/mol. The van der Waals surface area contributed by atoms with Gasteiger partial charge < -0.3 is 4.74 Å². The SMILES string of the molecule is COCCn1[nH]c(=O)c2cc(CC(C)S(N)(=O)=O)ccc21. The summed E-state index contributed by atoms with van der Waals surface area (Å²) in [6.07, 6.45) is 0.275. The first-order valence-electron chi connectivity index (χ1n) is 6.55. The summed E-state index contributed by atoms with van der Waals surface area (Å²) in [6, 6.07) is 5.31. The lowest BCUT2D eigenvalue weighted by atomic mass is 10.1. The van der Waals surface area contributed by atoms with Gasteiger partial charge in [0.2, 0.25) is 10.0 Å². The monoisotopic (exact) mass is 313 g/mol. The van der Waals surface area contributed by atoms with Crippen LogP contribution in [0.1, 0.15) is 12.5 Å². The number of benzene rings is 1. The Balaban J connectivity index is 2.34. The third kappa shape index (κ3) is 3.52. The number of aromatic nitrogens is 2. The van der Waals surface area contributed by atoms with Gasteiger partial charge in [-0.25, -0.2) is 13.6 Å². The van der Waals surface area contributed by atoms with Crippen molar-refractivity contribution in [2.24, 2.45) is 5.14 Å². The van der Waals surface area contributed by atoms with E-state index in [1.54, 1.807) is 36.9 Å². The van der Waals surface area contributed by atoms with E-state index in [1.807, 2.05) is 0 Å². The lowest BCUT2D eigenvalue weighted by Crippen LogP contribution is -2.27. The summed E-state index contributed by atoms with van der Waals surface area (Å²) in [5, 5.41) is 7.69. The molecule has 0 spiro atoms. The van der Waals surface area contributed by atoms with Crippen molar-refractivity contribution in [1.29, 1.82) is 0 Å². The Kier molecular flexibility index (Phi) is 4.50. The zero-order valence-corrected chi connectivity index (χ0v) is 12.8. The van der Waals surface area contributed by atoms with E-state index in [0.29, 0.717) is 18.5 Å². The maximum Gasteiger partial charge on any atom is 0.271 e. The minimum atomic E-state index is -3.58. The van der Waals surface area contributed by atoms with Gasteiger partial charge in [0.1, 0.15) is 0 Å². The van der Waals surface area contributed by atoms with Crippen LogP contribution >= 0.6 is 0 Å². The summed E-state index contributed by atoms with van der Waals surface area (Å²) < 4.78 is 29.3. The van der Waals surface area contributed by atoms with Gasteiger partial charge in [-0.1, -0.05) is 6.07 Å². The quantitative estimate of drug-likeness (QED) is 0.794. The molecule has 0 radical (unpaired) electrons. The molecule has 0 amide bonds. The zero-order valence-electron chi connectivity index (χ0n) is 12.0. The van der Waals surface area contributed by atoms with E-state index in [4.69, 9.17) is 9.88 Å². The van der Waals surface area contributed by atoms with Gasteiger partial charge in [0, 0.05) is 7.11 Å². The lowest BCUT2D eigenvalue weighted by Gasteiger charge is -2.09. The minimum Gasteiger partial charge on any atom is -0.383 e. The number of ether oxygens (including phenoxy) is 1. The number of hydrogen-bond acceptors (Lipinski definition) is 4. The van der Waals surface area contributed by atoms with Crippen LogP contribution in [-0.2, 0) is 27.7 Å². The van der Waals surface area contributed by atoms with Gasteiger partial charge in [-0.3, -0.25) is 14.6 Å². The average molecular weight is 313 g/mol. The second kappa shape index (κ2) is 6.00. The molecule has 1 aromatic carbocycles. The molecule has 3 N–H and O–H groups in total. The van der Waals surface area contributed by atoms with Gasteiger partial charge in [-0.05, 0) is 31.0 Å². The van der Waals surface area contributed by atoms with Gasteiger partial charge >= 0.3 is 0 Å². The van der Waals surface area contributed by atoms with E-state index >= 15 is 0 Å². The standard InChI is InChI=1S/C13H19N3O4S/c1-9(21(14,18)19)7-10-3-4-12-11(8-10)13(17)15-16(12)5-6-20-2/h3-4,8-9H,5-7H2,1-2H3,(H,15,17)(H2,14,18,19). The molecule has 0 saturated carbocycles. The van der Waals surface area contributed by atoms with Crippen molar-refractivity contribution in [2.75, 3.05) is 13.7 Å². The number of aromatic amines is 1. The Morgan fingerprint density at radius 2 is 2.14 bits per heavy atom. The second-order valence-electron chi connectivity index (χ2n) is 5.04. The number of nitrogens with two attached hydrogens (primary N) is 1. The average Bonchev–Trinajstić information content (AvgIpc) is 2.72. The van der Waals surface area contributed by atoms with Crippen molar-refractivity contribution in [2.45, 2.75) is 25.1 Å². The Labute approximate surface area is 122 Å². The molecule has 1 unspecified atom stereocenters.